The average molecular weight is 359 g/mol. The summed E-state index contributed by atoms with van der Waals surface area (Å²) >= 11 is 0. The van der Waals surface area contributed by atoms with Crippen LogP contribution in [0.5, 0.6) is 17.2 Å². The molecule has 0 atom stereocenters. The predicted octanol–water partition coefficient (Wildman–Crippen LogP) is 2.08. The highest BCUT2D eigenvalue weighted by Gasteiger charge is 2.13. The number of fused-ring (bicyclic) bond motifs is 1. The summed E-state index contributed by atoms with van der Waals surface area (Å²) in [7, 11) is -3.55. The molecule has 3 rings (SSSR count). The molecule has 1 aliphatic heterocycles. The molecule has 0 spiro atoms. The third-order valence-electron chi connectivity index (χ3n) is 3.46. The molecule has 0 aliphatic carbocycles. The molecule has 130 valence electrons. The number of benzene rings is 2. The Morgan fingerprint density at radius 3 is 2.64 bits per heavy atom. The lowest BCUT2D eigenvalue weighted by Gasteiger charge is -2.04. The summed E-state index contributed by atoms with van der Waals surface area (Å²) < 4.78 is 42.5. The molecule has 0 unspecified atom stereocenters. The first-order valence-electron chi connectivity index (χ1n) is 7.59. The van der Waals surface area contributed by atoms with E-state index in [1.807, 2.05) is 6.92 Å². The van der Waals surface area contributed by atoms with Crippen molar-refractivity contribution < 1.29 is 22.6 Å². The van der Waals surface area contributed by atoms with E-state index in [1.165, 1.54) is 0 Å². The Morgan fingerprint density at radius 2 is 1.84 bits per heavy atom. The molecule has 1 N–H and O–H groups in total. The van der Waals surface area contributed by atoms with Crippen molar-refractivity contribution in [1.29, 1.82) is 0 Å². The summed E-state index contributed by atoms with van der Waals surface area (Å²) in [5.74, 6) is 7.42. The van der Waals surface area contributed by atoms with Crippen LogP contribution in [0, 0.1) is 18.8 Å². The topological polar surface area (TPSA) is 73.9 Å². The third kappa shape index (κ3) is 4.44. The average Bonchev–Trinajstić information content (AvgIpc) is 3.06. The minimum absolute atomic E-state index is 0.0146. The van der Waals surface area contributed by atoms with E-state index in [4.69, 9.17) is 14.2 Å². The van der Waals surface area contributed by atoms with Gasteiger partial charge in [0.15, 0.2) is 11.5 Å². The van der Waals surface area contributed by atoms with E-state index in [1.54, 1.807) is 42.5 Å². The Labute approximate surface area is 146 Å². The van der Waals surface area contributed by atoms with Crippen LogP contribution in [-0.2, 0) is 10.0 Å². The molecule has 1 heterocycles. The molecule has 0 bridgehead atoms. The predicted molar refractivity (Wildman–Crippen MR) is 92.2 cm³/mol. The summed E-state index contributed by atoms with van der Waals surface area (Å²) in [6, 6.07) is 11.9. The first-order valence-corrected chi connectivity index (χ1v) is 9.07. The Morgan fingerprint density at radius 1 is 1.08 bits per heavy atom. The maximum Gasteiger partial charge on any atom is 0.241 e. The smallest absolute Gasteiger partial charge is 0.241 e. The zero-order valence-corrected chi connectivity index (χ0v) is 14.4. The van der Waals surface area contributed by atoms with Crippen molar-refractivity contribution in [3.05, 3.63) is 48.0 Å². The van der Waals surface area contributed by atoms with Crippen molar-refractivity contribution in [2.75, 3.05) is 19.9 Å². The molecule has 25 heavy (non-hydrogen) atoms. The van der Waals surface area contributed by atoms with Crippen molar-refractivity contribution >= 4 is 10.0 Å². The maximum absolute atomic E-state index is 12.1. The standard InChI is InChI=1S/C18H17NO5S/c1-14-4-7-16(8-5-14)25(20,21)19-10-2-3-11-22-15-6-9-17-18(12-15)24-13-23-17/h4-9,12,19H,10-11,13H2,1H3. The van der Waals surface area contributed by atoms with Crippen LogP contribution in [0.4, 0.5) is 0 Å². The van der Waals surface area contributed by atoms with Gasteiger partial charge in [-0.25, -0.2) is 8.42 Å². The Balaban J connectivity index is 1.47. The fraction of sp³-hybridized carbons (Fsp3) is 0.222. The van der Waals surface area contributed by atoms with Crippen molar-refractivity contribution in [2.45, 2.75) is 11.8 Å². The SMILES string of the molecule is Cc1ccc(S(=O)(=O)NCC#CCOc2ccc3c(c2)OCO3)cc1. The highest BCUT2D eigenvalue weighted by Crippen LogP contribution is 2.34. The molecule has 0 saturated carbocycles. The van der Waals surface area contributed by atoms with Crippen LogP contribution in [-0.4, -0.2) is 28.4 Å². The largest absolute Gasteiger partial charge is 0.481 e. The van der Waals surface area contributed by atoms with Gasteiger partial charge in [0.25, 0.3) is 0 Å². The summed E-state index contributed by atoms with van der Waals surface area (Å²) in [6.45, 7) is 2.27. The number of ether oxygens (including phenoxy) is 3. The zero-order chi connectivity index (χ0) is 17.7. The minimum atomic E-state index is -3.55. The van der Waals surface area contributed by atoms with Crippen molar-refractivity contribution in [1.82, 2.24) is 4.72 Å². The van der Waals surface area contributed by atoms with Gasteiger partial charge in [0, 0.05) is 6.07 Å². The van der Waals surface area contributed by atoms with Crippen LogP contribution in [0.15, 0.2) is 47.4 Å². The van der Waals surface area contributed by atoms with E-state index in [-0.39, 0.29) is 24.8 Å². The lowest BCUT2D eigenvalue weighted by Crippen LogP contribution is -2.24. The van der Waals surface area contributed by atoms with Crippen LogP contribution >= 0.6 is 0 Å². The number of rotatable bonds is 5. The van der Waals surface area contributed by atoms with E-state index in [0.717, 1.165) is 5.56 Å². The molecule has 0 radical (unpaired) electrons. The van der Waals surface area contributed by atoms with Gasteiger partial charge in [-0.3, -0.25) is 0 Å². The normalized spacial score (nSPS) is 12.4. The van der Waals surface area contributed by atoms with Gasteiger partial charge in [0.05, 0.1) is 11.4 Å². The maximum atomic E-state index is 12.1. The minimum Gasteiger partial charge on any atom is -0.481 e. The monoisotopic (exact) mass is 359 g/mol. The number of hydrogen-bond donors (Lipinski definition) is 1. The first-order chi connectivity index (χ1) is 12.0. The molecule has 6 nitrogen and oxygen atoms in total. The summed E-state index contributed by atoms with van der Waals surface area (Å²) in [6.07, 6.45) is 0. The van der Waals surface area contributed by atoms with Gasteiger partial charge in [-0.05, 0) is 31.2 Å². The molecule has 0 saturated heterocycles. The fourth-order valence-electron chi connectivity index (χ4n) is 2.13. The van der Waals surface area contributed by atoms with Gasteiger partial charge in [-0.2, -0.15) is 4.72 Å². The number of aryl methyl sites for hydroxylation is 1. The number of nitrogens with one attached hydrogen (secondary N) is 1. The Hall–Kier alpha value is -2.69. The van der Waals surface area contributed by atoms with Crippen molar-refractivity contribution in [3.63, 3.8) is 0 Å². The zero-order valence-electron chi connectivity index (χ0n) is 13.6. The van der Waals surface area contributed by atoms with E-state index >= 15 is 0 Å². The van der Waals surface area contributed by atoms with Crippen LogP contribution in [0.2, 0.25) is 0 Å². The third-order valence-corrected chi connectivity index (χ3v) is 4.88. The van der Waals surface area contributed by atoms with Gasteiger partial charge >= 0.3 is 0 Å². The van der Waals surface area contributed by atoms with Crippen LogP contribution in [0.25, 0.3) is 0 Å². The highest BCUT2D eigenvalue weighted by molar-refractivity contribution is 7.89. The van der Waals surface area contributed by atoms with Gasteiger partial charge < -0.3 is 14.2 Å². The van der Waals surface area contributed by atoms with Crippen LogP contribution < -0.4 is 18.9 Å². The second-order valence-corrected chi connectivity index (χ2v) is 7.06. The summed E-state index contributed by atoms with van der Waals surface area (Å²) in [5, 5.41) is 0. The van der Waals surface area contributed by atoms with Crippen LogP contribution in [0.3, 0.4) is 0 Å². The lowest BCUT2D eigenvalue weighted by atomic mass is 10.2. The molecule has 2 aromatic carbocycles. The fourth-order valence-corrected chi connectivity index (χ4v) is 3.05. The van der Waals surface area contributed by atoms with Gasteiger partial charge in [-0.15, -0.1) is 0 Å². The molecule has 0 fully saturated rings. The quantitative estimate of drug-likeness (QED) is 0.828. The van der Waals surface area contributed by atoms with E-state index in [0.29, 0.717) is 17.2 Å². The highest BCUT2D eigenvalue weighted by atomic mass is 32.2. The molecule has 1 aliphatic rings. The molecule has 0 amide bonds. The van der Waals surface area contributed by atoms with Gasteiger partial charge in [-0.1, -0.05) is 29.5 Å². The van der Waals surface area contributed by atoms with E-state index < -0.39 is 10.0 Å². The number of sulfonamides is 1. The summed E-state index contributed by atoms with van der Waals surface area (Å²) in [5.41, 5.74) is 0.999. The van der Waals surface area contributed by atoms with Gasteiger partial charge in [0.1, 0.15) is 12.4 Å². The Kier molecular flexibility index (Phi) is 5.12. The number of hydrogen-bond acceptors (Lipinski definition) is 5. The van der Waals surface area contributed by atoms with Crippen molar-refractivity contribution in [3.8, 4) is 29.1 Å². The molecule has 0 aromatic heterocycles. The van der Waals surface area contributed by atoms with Crippen molar-refractivity contribution in [2.24, 2.45) is 0 Å². The second kappa shape index (κ2) is 7.47. The second-order valence-electron chi connectivity index (χ2n) is 5.29. The molecular formula is C18H17NO5S. The first kappa shape index (κ1) is 17.1. The molecular weight excluding hydrogens is 342 g/mol. The van der Waals surface area contributed by atoms with E-state index in [2.05, 4.69) is 16.6 Å². The van der Waals surface area contributed by atoms with E-state index in [9.17, 15) is 8.42 Å². The van der Waals surface area contributed by atoms with Crippen LogP contribution in [0.1, 0.15) is 5.56 Å². The summed E-state index contributed by atoms with van der Waals surface area (Å²) in [4.78, 5) is 0.219. The Bertz CT molecular complexity index is 911. The molecule has 7 heteroatoms. The molecule has 2 aromatic rings. The van der Waals surface area contributed by atoms with Gasteiger partial charge in [0.2, 0.25) is 16.8 Å². The lowest BCUT2D eigenvalue weighted by molar-refractivity contribution is 0.174.